The summed E-state index contributed by atoms with van der Waals surface area (Å²) in [6.07, 6.45) is 0. The van der Waals surface area contributed by atoms with Gasteiger partial charge in [-0.05, 0) is 28.3 Å². The molecule has 0 radical (unpaired) electrons. The zero-order valence-electron chi connectivity index (χ0n) is 23.6. The minimum atomic E-state index is -0.107. The molecule has 0 bridgehead atoms. The highest BCUT2D eigenvalue weighted by Crippen LogP contribution is 2.45. The number of nitrogens with zero attached hydrogens (tertiary/aromatic N) is 3. The van der Waals surface area contributed by atoms with E-state index in [2.05, 4.69) is 53.2 Å². The zero-order valence-corrected chi connectivity index (χ0v) is 23.6. The van der Waals surface area contributed by atoms with Crippen LogP contribution in [0.2, 0.25) is 0 Å². The standard InChI is InChI=1S/C34H36N4O3/c1-21(2)34(41)38-17-15-37(16-18-38)22(3)24-11-13-25(14-12-24)30-32(26-9-7-23(20-39)8-10-26)36-28-6-4-5-27-29(40)19-35-33(30)31(27)28/h4-14,21,30,32,36,39H,3,15-20H2,1-2H3. The molecule has 3 aromatic carbocycles. The third-order valence-corrected chi connectivity index (χ3v) is 8.54. The molecular weight excluding hydrogens is 512 g/mol. The third kappa shape index (κ3) is 4.95. The minimum Gasteiger partial charge on any atom is -0.392 e. The van der Waals surface area contributed by atoms with E-state index in [0.717, 1.165) is 63.6 Å². The number of benzene rings is 3. The Hall–Kier alpha value is -4.23. The van der Waals surface area contributed by atoms with E-state index in [1.54, 1.807) is 0 Å². The summed E-state index contributed by atoms with van der Waals surface area (Å²) in [6, 6.07) is 22.3. The predicted molar refractivity (Wildman–Crippen MR) is 162 cm³/mol. The van der Waals surface area contributed by atoms with Crippen molar-refractivity contribution in [1.82, 2.24) is 9.80 Å². The van der Waals surface area contributed by atoms with Gasteiger partial charge in [-0.1, -0.05) is 81.1 Å². The summed E-state index contributed by atoms with van der Waals surface area (Å²) in [4.78, 5) is 34.2. The number of carbonyl (C=O) groups excluding carboxylic acids is 2. The van der Waals surface area contributed by atoms with Crippen LogP contribution in [-0.2, 0) is 11.4 Å². The van der Waals surface area contributed by atoms with Crippen LogP contribution in [0, 0.1) is 5.92 Å². The van der Waals surface area contributed by atoms with Crippen molar-refractivity contribution in [1.29, 1.82) is 0 Å². The van der Waals surface area contributed by atoms with Gasteiger partial charge in [0.1, 0.15) is 6.54 Å². The van der Waals surface area contributed by atoms with E-state index in [0.29, 0.717) is 13.1 Å². The maximum absolute atomic E-state index is 12.8. The van der Waals surface area contributed by atoms with Gasteiger partial charge < -0.3 is 20.2 Å². The Bertz CT molecular complexity index is 1520. The van der Waals surface area contributed by atoms with Gasteiger partial charge in [-0.2, -0.15) is 0 Å². The lowest BCUT2D eigenvalue weighted by Crippen LogP contribution is -2.48. The minimum absolute atomic E-state index is 0.00273. The number of carbonyl (C=O) groups is 2. The first kappa shape index (κ1) is 27.0. The fraction of sp³-hybridized carbons (Fsp3) is 0.324. The van der Waals surface area contributed by atoms with Crippen molar-refractivity contribution in [3.63, 3.8) is 0 Å². The van der Waals surface area contributed by atoms with Gasteiger partial charge >= 0.3 is 0 Å². The van der Waals surface area contributed by atoms with Crippen molar-refractivity contribution >= 4 is 28.8 Å². The van der Waals surface area contributed by atoms with Gasteiger partial charge in [0.15, 0.2) is 5.78 Å². The average molecular weight is 549 g/mol. The Balaban J connectivity index is 1.30. The summed E-state index contributed by atoms with van der Waals surface area (Å²) in [6.45, 7) is 11.4. The maximum Gasteiger partial charge on any atom is 0.225 e. The van der Waals surface area contributed by atoms with Gasteiger partial charge in [-0.3, -0.25) is 14.6 Å². The highest BCUT2D eigenvalue weighted by Gasteiger charge is 2.39. The summed E-state index contributed by atoms with van der Waals surface area (Å²) >= 11 is 0. The molecule has 0 aromatic heterocycles. The molecule has 2 unspecified atom stereocenters. The van der Waals surface area contributed by atoms with Gasteiger partial charge in [0.05, 0.1) is 24.3 Å². The summed E-state index contributed by atoms with van der Waals surface area (Å²) in [5, 5.41) is 13.3. The van der Waals surface area contributed by atoms with Crippen molar-refractivity contribution in [3.8, 4) is 0 Å². The Kier molecular flexibility index (Phi) is 7.22. The van der Waals surface area contributed by atoms with Crippen LogP contribution in [0.25, 0.3) is 5.70 Å². The molecule has 41 heavy (non-hydrogen) atoms. The Morgan fingerprint density at radius 1 is 0.976 bits per heavy atom. The number of aliphatic hydroxyl groups is 1. The van der Waals surface area contributed by atoms with Crippen molar-refractivity contribution in [2.24, 2.45) is 10.9 Å². The number of hydrogen-bond acceptors (Lipinski definition) is 6. The molecule has 1 fully saturated rings. The molecule has 0 saturated carbocycles. The van der Waals surface area contributed by atoms with Gasteiger partial charge in [0.2, 0.25) is 5.91 Å². The van der Waals surface area contributed by atoms with Crippen LogP contribution in [0.4, 0.5) is 5.69 Å². The van der Waals surface area contributed by atoms with E-state index in [9.17, 15) is 14.7 Å². The first-order valence-corrected chi connectivity index (χ1v) is 14.4. The highest BCUT2D eigenvalue weighted by atomic mass is 16.3. The number of hydrogen-bond donors (Lipinski definition) is 2. The fourth-order valence-corrected chi connectivity index (χ4v) is 6.25. The van der Waals surface area contributed by atoms with Crippen molar-refractivity contribution in [3.05, 3.63) is 107 Å². The maximum atomic E-state index is 12.8. The number of aliphatic imine (C=N–C) groups is 1. The lowest BCUT2D eigenvalue weighted by molar-refractivity contribution is -0.135. The Morgan fingerprint density at radius 2 is 1.63 bits per heavy atom. The van der Waals surface area contributed by atoms with Gasteiger partial charge in [0.25, 0.3) is 0 Å². The smallest absolute Gasteiger partial charge is 0.225 e. The van der Waals surface area contributed by atoms with E-state index < -0.39 is 0 Å². The van der Waals surface area contributed by atoms with Crippen molar-refractivity contribution in [2.45, 2.75) is 32.4 Å². The molecule has 0 aliphatic carbocycles. The number of Topliss-reactive ketones (excluding diaryl/α,β-unsaturated/α-hetero) is 1. The first-order valence-electron chi connectivity index (χ1n) is 14.4. The summed E-state index contributed by atoms with van der Waals surface area (Å²) in [5.41, 5.74) is 8.53. The third-order valence-electron chi connectivity index (χ3n) is 8.54. The van der Waals surface area contributed by atoms with Crippen LogP contribution in [0.15, 0.2) is 78.3 Å². The van der Waals surface area contributed by atoms with Crippen LogP contribution < -0.4 is 5.32 Å². The van der Waals surface area contributed by atoms with Gasteiger partial charge in [-0.15, -0.1) is 0 Å². The zero-order chi connectivity index (χ0) is 28.7. The topological polar surface area (TPSA) is 85.2 Å². The van der Waals surface area contributed by atoms with Crippen LogP contribution in [0.5, 0.6) is 0 Å². The van der Waals surface area contributed by atoms with E-state index in [4.69, 9.17) is 4.99 Å². The Morgan fingerprint density at radius 3 is 2.29 bits per heavy atom. The number of nitrogens with one attached hydrogen (secondary N) is 1. The first-order chi connectivity index (χ1) is 19.9. The van der Waals surface area contributed by atoms with E-state index >= 15 is 0 Å². The Labute approximate surface area is 241 Å². The summed E-state index contributed by atoms with van der Waals surface area (Å²) < 4.78 is 0. The number of ketones is 1. The molecule has 2 N–H and O–H groups in total. The number of rotatable bonds is 6. The molecule has 2 atom stereocenters. The largest absolute Gasteiger partial charge is 0.392 e. The molecular formula is C34H36N4O3. The highest BCUT2D eigenvalue weighted by molar-refractivity contribution is 6.21. The molecule has 6 rings (SSSR count). The molecule has 7 nitrogen and oxygen atoms in total. The van der Waals surface area contributed by atoms with E-state index in [-0.39, 0.29) is 42.7 Å². The molecule has 1 saturated heterocycles. The second kappa shape index (κ2) is 11.0. The number of amides is 1. The van der Waals surface area contributed by atoms with E-state index in [1.807, 2.05) is 49.1 Å². The SMILES string of the molecule is C=C(c1ccc(C2C3=NCC(=O)c4cccc(c43)NC2c2ccc(CO)cc2)cc1)N1CCN(C(=O)C(C)C)CC1. The summed E-state index contributed by atoms with van der Waals surface area (Å²) in [7, 11) is 0. The van der Waals surface area contributed by atoms with Gasteiger partial charge in [-0.25, -0.2) is 0 Å². The number of piperazine rings is 1. The van der Waals surface area contributed by atoms with Gasteiger partial charge in [0, 0.05) is 54.6 Å². The summed E-state index contributed by atoms with van der Waals surface area (Å²) in [5.74, 6) is 0.152. The average Bonchev–Trinajstić information content (AvgIpc) is 3.02. The predicted octanol–water partition coefficient (Wildman–Crippen LogP) is 4.89. The normalized spacial score (nSPS) is 19.9. The molecule has 1 amide bonds. The molecule has 0 spiro atoms. The van der Waals surface area contributed by atoms with Crippen LogP contribution >= 0.6 is 0 Å². The molecule has 7 heteroatoms. The lowest BCUT2D eigenvalue weighted by atomic mass is 9.75. The molecule has 3 aliphatic heterocycles. The van der Waals surface area contributed by atoms with Crippen molar-refractivity contribution in [2.75, 3.05) is 38.0 Å². The number of aliphatic hydroxyl groups excluding tert-OH is 1. The molecule has 3 heterocycles. The van der Waals surface area contributed by atoms with Crippen LogP contribution in [0.3, 0.4) is 0 Å². The monoisotopic (exact) mass is 548 g/mol. The second-order valence-electron chi connectivity index (χ2n) is 11.4. The van der Waals surface area contributed by atoms with Crippen molar-refractivity contribution < 1.29 is 14.7 Å². The van der Waals surface area contributed by atoms with Crippen LogP contribution in [0.1, 0.15) is 64.0 Å². The number of anilines is 1. The fourth-order valence-electron chi connectivity index (χ4n) is 6.25. The second-order valence-corrected chi connectivity index (χ2v) is 11.4. The van der Waals surface area contributed by atoms with Crippen LogP contribution in [-0.4, -0.2) is 65.0 Å². The molecule has 3 aliphatic rings. The molecule has 210 valence electrons. The molecule has 3 aromatic rings. The quantitative estimate of drug-likeness (QED) is 0.459. The van der Waals surface area contributed by atoms with E-state index in [1.165, 1.54) is 0 Å². The lowest BCUT2D eigenvalue weighted by Gasteiger charge is -2.39.